The molecule has 1 amide bonds. The third kappa shape index (κ3) is 4.54. The lowest BCUT2D eigenvalue weighted by molar-refractivity contribution is -0.137. The molecular weight excluding hydrogens is 322 g/mol. The van der Waals surface area contributed by atoms with Crippen molar-refractivity contribution in [3.05, 3.63) is 29.8 Å². The molecule has 1 aromatic heterocycles. The number of hydrogen-bond acceptors (Lipinski definition) is 7. The maximum atomic E-state index is 11.7. The Balaban J connectivity index is 1.91. The van der Waals surface area contributed by atoms with Crippen LogP contribution in [0, 0.1) is 6.92 Å². The molecule has 116 valence electrons. The van der Waals surface area contributed by atoms with Crippen LogP contribution in [0.15, 0.2) is 24.3 Å². The Bertz CT molecular complexity index is 673. The number of aromatic nitrogens is 2. The van der Waals surface area contributed by atoms with E-state index in [0.29, 0.717) is 5.13 Å². The van der Waals surface area contributed by atoms with Gasteiger partial charge in [0.2, 0.25) is 11.0 Å². The summed E-state index contributed by atoms with van der Waals surface area (Å²) in [5.74, 6) is -0.264. The van der Waals surface area contributed by atoms with E-state index in [1.807, 2.05) is 31.2 Å². The van der Waals surface area contributed by atoms with Gasteiger partial charge in [-0.3, -0.25) is 14.9 Å². The van der Waals surface area contributed by atoms with Crippen LogP contribution in [0.1, 0.15) is 5.56 Å². The van der Waals surface area contributed by atoms with Gasteiger partial charge in [0.05, 0.1) is 18.6 Å². The Morgan fingerprint density at radius 3 is 2.77 bits per heavy atom. The van der Waals surface area contributed by atoms with E-state index in [1.165, 1.54) is 30.2 Å². The predicted octanol–water partition coefficient (Wildman–Crippen LogP) is 2.36. The zero-order valence-corrected chi connectivity index (χ0v) is 13.8. The fourth-order valence-corrected chi connectivity index (χ4v) is 3.13. The number of benzene rings is 1. The zero-order valence-electron chi connectivity index (χ0n) is 12.2. The number of carbonyl (C=O) groups excluding carboxylic acids is 2. The second-order valence-electron chi connectivity index (χ2n) is 4.34. The van der Waals surface area contributed by atoms with Crippen LogP contribution < -0.4 is 5.32 Å². The first-order chi connectivity index (χ1) is 10.6. The summed E-state index contributed by atoms with van der Waals surface area (Å²) in [6.07, 6.45) is 0. The minimum absolute atomic E-state index is 0.147. The summed E-state index contributed by atoms with van der Waals surface area (Å²) in [7, 11) is 1.32. The molecule has 2 rings (SSSR count). The van der Waals surface area contributed by atoms with Crippen molar-refractivity contribution in [1.29, 1.82) is 0 Å². The van der Waals surface area contributed by atoms with E-state index in [1.54, 1.807) is 0 Å². The average molecular weight is 337 g/mol. The molecule has 0 radical (unpaired) electrons. The van der Waals surface area contributed by atoms with Crippen LogP contribution in [-0.4, -0.2) is 40.7 Å². The van der Waals surface area contributed by atoms with Crippen molar-refractivity contribution >= 4 is 40.1 Å². The number of ether oxygens (including phenoxy) is 1. The van der Waals surface area contributed by atoms with E-state index in [2.05, 4.69) is 20.3 Å². The van der Waals surface area contributed by atoms with Crippen LogP contribution in [0.5, 0.6) is 0 Å². The Kier molecular flexibility index (Phi) is 5.91. The van der Waals surface area contributed by atoms with Crippen molar-refractivity contribution in [3.8, 4) is 10.6 Å². The third-order valence-electron chi connectivity index (χ3n) is 2.73. The SMILES string of the molecule is COC(=O)CSCC(=O)Nc1nnc(-c2ccccc2C)s1. The van der Waals surface area contributed by atoms with E-state index in [0.717, 1.165) is 16.1 Å². The summed E-state index contributed by atoms with van der Waals surface area (Å²) in [6, 6.07) is 7.86. The molecule has 0 aliphatic carbocycles. The van der Waals surface area contributed by atoms with E-state index >= 15 is 0 Å². The van der Waals surface area contributed by atoms with Gasteiger partial charge in [0, 0.05) is 5.56 Å². The van der Waals surface area contributed by atoms with Gasteiger partial charge in [0.1, 0.15) is 5.01 Å². The van der Waals surface area contributed by atoms with Crippen LogP contribution in [0.4, 0.5) is 5.13 Å². The number of amides is 1. The van der Waals surface area contributed by atoms with E-state index < -0.39 is 0 Å². The van der Waals surface area contributed by atoms with Gasteiger partial charge in [-0.25, -0.2) is 0 Å². The normalized spacial score (nSPS) is 10.3. The van der Waals surface area contributed by atoms with Gasteiger partial charge in [0.25, 0.3) is 0 Å². The maximum Gasteiger partial charge on any atom is 0.315 e. The monoisotopic (exact) mass is 337 g/mol. The minimum atomic E-state index is -0.351. The van der Waals surface area contributed by atoms with Crippen molar-refractivity contribution in [2.75, 3.05) is 23.9 Å². The van der Waals surface area contributed by atoms with Crippen LogP contribution in [-0.2, 0) is 14.3 Å². The summed E-state index contributed by atoms with van der Waals surface area (Å²) in [5.41, 5.74) is 2.10. The molecule has 0 aliphatic heterocycles. The first kappa shape index (κ1) is 16.4. The highest BCUT2D eigenvalue weighted by atomic mass is 32.2. The molecule has 1 heterocycles. The zero-order chi connectivity index (χ0) is 15.9. The Morgan fingerprint density at radius 1 is 1.27 bits per heavy atom. The molecule has 22 heavy (non-hydrogen) atoms. The van der Waals surface area contributed by atoms with Gasteiger partial charge in [-0.1, -0.05) is 35.6 Å². The number of anilines is 1. The number of aryl methyl sites for hydroxylation is 1. The highest BCUT2D eigenvalue weighted by molar-refractivity contribution is 8.00. The lowest BCUT2D eigenvalue weighted by atomic mass is 10.1. The quantitative estimate of drug-likeness (QED) is 0.815. The topological polar surface area (TPSA) is 81.2 Å². The predicted molar refractivity (Wildman–Crippen MR) is 88.1 cm³/mol. The largest absolute Gasteiger partial charge is 0.468 e. The van der Waals surface area contributed by atoms with Crippen molar-refractivity contribution < 1.29 is 14.3 Å². The van der Waals surface area contributed by atoms with E-state index in [9.17, 15) is 9.59 Å². The molecule has 0 aliphatic rings. The van der Waals surface area contributed by atoms with Crippen molar-refractivity contribution in [2.45, 2.75) is 6.92 Å². The number of nitrogens with zero attached hydrogens (tertiary/aromatic N) is 2. The first-order valence-electron chi connectivity index (χ1n) is 6.44. The molecule has 0 fully saturated rings. The fourth-order valence-electron chi connectivity index (χ4n) is 1.64. The number of thioether (sulfide) groups is 1. The molecule has 0 unspecified atom stereocenters. The van der Waals surface area contributed by atoms with Crippen molar-refractivity contribution in [1.82, 2.24) is 10.2 Å². The van der Waals surface area contributed by atoms with E-state index in [-0.39, 0.29) is 23.4 Å². The number of hydrogen-bond donors (Lipinski definition) is 1. The molecule has 2 aromatic rings. The van der Waals surface area contributed by atoms with Crippen LogP contribution in [0.2, 0.25) is 0 Å². The number of nitrogens with one attached hydrogen (secondary N) is 1. The van der Waals surface area contributed by atoms with Crippen molar-refractivity contribution in [3.63, 3.8) is 0 Å². The Morgan fingerprint density at radius 2 is 2.05 bits per heavy atom. The van der Waals surface area contributed by atoms with Gasteiger partial charge >= 0.3 is 5.97 Å². The van der Waals surface area contributed by atoms with Gasteiger partial charge in [-0.2, -0.15) is 0 Å². The van der Waals surface area contributed by atoms with Gasteiger partial charge in [0.15, 0.2) is 0 Å². The highest BCUT2D eigenvalue weighted by Gasteiger charge is 2.11. The molecule has 1 aromatic carbocycles. The summed E-state index contributed by atoms with van der Waals surface area (Å²) in [4.78, 5) is 22.7. The molecule has 0 bridgehead atoms. The minimum Gasteiger partial charge on any atom is -0.468 e. The van der Waals surface area contributed by atoms with Gasteiger partial charge in [-0.15, -0.1) is 22.0 Å². The Hall–Kier alpha value is -1.93. The Labute approximate surface area is 136 Å². The first-order valence-corrected chi connectivity index (χ1v) is 8.41. The molecular formula is C14H15N3O3S2. The van der Waals surface area contributed by atoms with E-state index in [4.69, 9.17) is 0 Å². The second-order valence-corrected chi connectivity index (χ2v) is 6.31. The number of rotatable bonds is 6. The van der Waals surface area contributed by atoms with Crippen molar-refractivity contribution in [2.24, 2.45) is 0 Å². The molecule has 1 N–H and O–H groups in total. The maximum absolute atomic E-state index is 11.7. The van der Waals surface area contributed by atoms with Crippen LogP contribution in [0.25, 0.3) is 10.6 Å². The molecule has 0 saturated heterocycles. The number of methoxy groups -OCH3 is 1. The summed E-state index contributed by atoms with van der Waals surface area (Å²) in [6.45, 7) is 2.00. The molecule has 0 atom stereocenters. The smallest absolute Gasteiger partial charge is 0.315 e. The average Bonchev–Trinajstić information content (AvgIpc) is 2.95. The molecule has 0 saturated carbocycles. The third-order valence-corrected chi connectivity index (χ3v) is 4.51. The summed E-state index contributed by atoms with van der Waals surface area (Å²) >= 11 is 2.51. The van der Waals surface area contributed by atoms with Crippen LogP contribution in [0.3, 0.4) is 0 Å². The molecule has 6 nitrogen and oxygen atoms in total. The molecule has 8 heteroatoms. The summed E-state index contributed by atoms with van der Waals surface area (Å²) < 4.78 is 4.50. The van der Waals surface area contributed by atoms with Crippen LogP contribution >= 0.6 is 23.1 Å². The lowest BCUT2D eigenvalue weighted by Gasteiger charge is -2.01. The second kappa shape index (κ2) is 7.90. The molecule has 0 spiro atoms. The fraction of sp³-hybridized carbons (Fsp3) is 0.286. The van der Waals surface area contributed by atoms with Gasteiger partial charge < -0.3 is 4.74 Å². The standard InChI is InChI=1S/C14H15N3O3S2/c1-9-5-3-4-6-10(9)13-16-17-14(22-13)15-11(18)7-21-8-12(19)20-2/h3-6H,7-8H2,1-2H3,(H,15,17,18). The van der Waals surface area contributed by atoms with Gasteiger partial charge in [-0.05, 0) is 12.5 Å². The highest BCUT2D eigenvalue weighted by Crippen LogP contribution is 2.28. The lowest BCUT2D eigenvalue weighted by Crippen LogP contribution is -2.15. The number of carbonyl (C=O) groups is 2. The number of esters is 1. The summed E-state index contributed by atoms with van der Waals surface area (Å²) in [5, 5.41) is 11.9.